The van der Waals surface area contributed by atoms with Crippen molar-refractivity contribution in [3.05, 3.63) is 30.1 Å². The molecule has 0 aliphatic carbocycles. The maximum Gasteiger partial charge on any atom is 0.236 e. The quantitative estimate of drug-likeness (QED) is 0.750. The van der Waals surface area contributed by atoms with E-state index in [9.17, 15) is 4.79 Å². The summed E-state index contributed by atoms with van der Waals surface area (Å²) in [7, 11) is 0. The van der Waals surface area contributed by atoms with Gasteiger partial charge in [0.05, 0.1) is 24.4 Å². The Kier molecular flexibility index (Phi) is 5.77. The average Bonchev–Trinajstić information content (AvgIpc) is 3.14. The van der Waals surface area contributed by atoms with Gasteiger partial charge in [0.15, 0.2) is 11.6 Å². The van der Waals surface area contributed by atoms with Crippen molar-refractivity contribution in [3.8, 4) is 5.82 Å². The molecular weight excluding hydrogens is 370 g/mol. The SMILES string of the molecule is Cc1ccn(-c2ccc(N3CCN(CC(=O)N4CC(C)OC(C)C4)CC3)nn2)n1. The van der Waals surface area contributed by atoms with Gasteiger partial charge in [-0.05, 0) is 39.0 Å². The topological polar surface area (TPSA) is 79.6 Å². The van der Waals surface area contributed by atoms with Crippen LogP contribution in [0.2, 0.25) is 0 Å². The molecule has 2 atom stereocenters. The number of morpholine rings is 1. The monoisotopic (exact) mass is 399 g/mol. The lowest BCUT2D eigenvalue weighted by Gasteiger charge is -2.38. The van der Waals surface area contributed by atoms with Crippen LogP contribution in [0.4, 0.5) is 5.82 Å². The Hall–Kier alpha value is -2.52. The van der Waals surface area contributed by atoms with Crippen LogP contribution >= 0.6 is 0 Å². The molecule has 156 valence electrons. The minimum absolute atomic E-state index is 0.103. The van der Waals surface area contributed by atoms with Crippen LogP contribution in [0.25, 0.3) is 5.82 Å². The summed E-state index contributed by atoms with van der Waals surface area (Å²) in [5.74, 6) is 1.76. The van der Waals surface area contributed by atoms with Crippen LogP contribution in [0, 0.1) is 6.92 Å². The summed E-state index contributed by atoms with van der Waals surface area (Å²) in [6, 6.07) is 5.86. The molecule has 2 aromatic rings. The zero-order valence-corrected chi connectivity index (χ0v) is 17.4. The predicted molar refractivity (Wildman–Crippen MR) is 109 cm³/mol. The van der Waals surface area contributed by atoms with Crippen LogP contribution in [-0.4, -0.2) is 93.7 Å². The molecule has 0 N–H and O–H groups in total. The van der Waals surface area contributed by atoms with Gasteiger partial charge < -0.3 is 14.5 Å². The lowest BCUT2D eigenvalue weighted by molar-refractivity contribution is -0.144. The standard InChI is InChI=1S/C20H29N7O2/c1-15-6-7-27(23-15)19-5-4-18(21-22-19)25-10-8-24(9-11-25)14-20(28)26-12-16(2)29-17(3)13-26/h4-7,16-17H,8-14H2,1-3H3. The van der Waals surface area contributed by atoms with Crippen LogP contribution in [0.15, 0.2) is 24.4 Å². The van der Waals surface area contributed by atoms with Crippen molar-refractivity contribution in [2.24, 2.45) is 0 Å². The Bertz CT molecular complexity index is 820. The highest BCUT2D eigenvalue weighted by Crippen LogP contribution is 2.15. The number of nitrogens with zero attached hydrogens (tertiary/aromatic N) is 7. The molecule has 2 fully saturated rings. The van der Waals surface area contributed by atoms with E-state index >= 15 is 0 Å². The molecule has 2 aromatic heterocycles. The lowest BCUT2D eigenvalue weighted by atomic mass is 10.2. The van der Waals surface area contributed by atoms with Crippen molar-refractivity contribution in [2.75, 3.05) is 50.7 Å². The van der Waals surface area contributed by atoms with E-state index < -0.39 is 0 Å². The van der Waals surface area contributed by atoms with Gasteiger partial charge in [-0.15, -0.1) is 10.2 Å². The Labute approximate surface area is 171 Å². The van der Waals surface area contributed by atoms with Crippen molar-refractivity contribution in [2.45, 2.75) is 33.0 Å². The summed E-state index contributed by atoms with van der Waals surface area (Å²) in [5.41, 5.74) is 0.947. The first kappa shape index (κ1) is 19.8. The van der Waals surface area contributed by atoms with Crippen LogP contribution in [0.5, 0.6) is 0 Å². The number of amides is 1. The molecular formula is C20H29N7O2. The number of aromatic nitrogens is 4. The average molecular weight is 399 g/mol. The molecule has 4 heterocycles. The Morgan fingerprint density at radius 3 is 2.28 bits per heavy atom. The number of hydrogen-bond donors (Lipinski definition) is 0. The van der Waals surface area contributed by atoms with E-state index in [4.69, 9.17) is 4.74 Å². The molecule has 0 aromatic carbocycles. The summed E-state index contributed by atoms with van der Waals surface area (Å²) in [6.07, 6.45) is 2.09. The van der Waals surface area contributed by atoms with Crippen molar-refractivity contribution in [3.63, 3.8) is 0 Å². The zero-order chi connectivity index (χ0) is 20.4. The van der Waals surface area contributed by atoms with Crippen LogP contribution in [-0.2, 0) is 9.53 Å². The molecule has 9 heteroatoms. The Balaban J connectivity index is 1.28. The molecule has 29 heavy (non-hydrogen) atoms. The minimum atomic E-state index is 0.103. The van der Waals surface area contributed by atoms with Crippen LogP contribution in [0.1, 0.15) is 19.5 Å². The fraction of sp³-hybridized carbons (Fsp3) is 0.600. The molecule has 2 saturated heterocycles. The lowest BCUT2D eigenvalue weighted by Crippen LogP contribution is -2.54. The first-order chi connectivity index (χ1) is 14.0. The molecule has 4 rings (SSSR count). The number of anilines is 1. The third-order valence-corrected chi connectivity index (χ3v) is 5.42. The molecule has 0 saturated carbocycles. The van der Waals surface area contributed by atoms with Crippen molar-refractivity contribution in [1.82, 2.24) is 29.8 Å². The highest BCUT2D eigenvalue weighted by molar-refractivity contribution is 5.78. The molecule has 2 aliphatic rings. The zero-order valence-electron chi connectivity index (χ0n) is 17.4. The van der Waals surface area contributed by atoms with E-state index in [1.54, 1.807) is 4.68 Å². The number of hydrogen-bond acceptors (Lipinski definition) is 7. The summed E-state index contributed by atoms with van der Waals surface area (Å²) < 4.78 is 7.45. The highest BCUT2D eigenvalue weighted by Gasteiger charge is 2.28. The van der Waals surface area contributed by atoms with Gasteiger partial charge in [0, 0.05) is 45.5 Å². The predicted octanol–water partition coefficient (Wildman–Crippen LogP) is 0.729. The number of aryl methyl sites for hydroxylation is 1. The molecule has 1 amide bonds. The second-order valence-electron chi connectivity index (χ2n) is 7.97. The number of rotatable bonds is 4. The summed E-state index contributed by atoms with van der Waals surface area (Å²) in [5, 5.41) is 13.0. The number of ether oxygens (including phenoxy) is 1. The summed E-state index contributed by atoms with van der Waals surface area (Å²) in [4.78, 5) is 19.0. The van der Waals surface area contributed by atoms with Crippen LogP contribution < -0.4 is 4.90 Å². The Morgan fingerprint density at radius 1 is 1.03 bits per heavy atom. The minimum Gasteiger partial charge on any atom is -0.372 e. The van der Waals surface area contributed by atoms with E-state index in [0.717, 1.165) is 37.7 Å². The van der Waals surface area contributed by atoms with Gasteiger partial charge >= 0.3 is 0 Å². The van der Waals surface area contributed by atoms with Gasteiger partial charge in [0.2, 0.25) is 5.91 Å². The Morgan fingerprint density at radius 2 is 1.69 bits per heavy atom. The second-order valence-corrected chi connectivity index (χ2v) is 7.97. The third-order valence-electron chi connectivity index (χ3n) is 5.42. The summed E-state index contributed by atoms with van der Waals surface area (Å²) >= 11 is 0. The molecule has 0 radical (unpaired) electrons. The normalized spacial score (nSPS) is 23.4. The molecule has 0 bridgehead atoms. The first-order valence-electron chi connectivity index (χ1n) is 10.2. The van der Waals surface area contributed by atoms with E-state index in [1.165, 1.54) is 0 Å². The highest BCUT2D eigenvalue weighted by atomic mass is 16.5. The van der Waals surface area contributed by atoms with E-state index in [0.29, 0.717) is 25.5 Å². The molecule has 2 unspecified atom stereocenters. The van der Waals surface area contributed by atoms with Gasteiger partial charge in [-0.1, -0.05) is 0 Å². The number of carbonyl (C=O) groups is 1. The molecule has 9 nitrogen and oxygen atoms in total. The molecule has 2 aliphatic heterocycles. The first-order valence-corrected chi connectivity index (χ1v) is 10.2. The fourth-order valence-corrected chi connectivity index (χ4v) is 3.96. The second kappa shape index (κ2) is 8.46. The fourth-order valence-electron chi connectivity index (χ4n) is 3.96. The van der Waals surface area contributed by atoms with Gasteiger partial charge in [-0.3, -0.25) is 9.69 Å². The smallest absolute Gasteiger partial charge is 0.236 e. The van der Waals surface area contributed by atoms with Crippen LogP contribution in [0.3, 0.4) is 0 Å². The largest absolute Gasteiger partial charge is 0.372 e. The van der Waals surface area contributed by atoms with E-state index in [1.807, 2.05) is 50.1 Å². The molecule has 0 spiro atoms. The maximum atomic E-state index is 12.7. The number of carbonyl (C=O) groups excluding carboxylic acids is 1. The third kappa shape index (κ3) is 4.73. The summed E-state index contributed by atoms with van der Waals surface area (Å²) in [6.45, 7) is 11.2. The number of piperazine rings is 1. The van der Waals surface area contributed by atoms with Gasteiger partial charge in [-0.2, -0.15) is 5.10 Å². The van der Waals surface area contributed by atoms with Gasteiger partial charge in [0.25, 0.3) is 0 Å². The van der Waals surface area contributed by atoms with Crippen molar-refractivity contribution in [1.29, 1.82) is 0 Å². The van der Waals surface area contributed by atoms with Crippen molar-refractivity contribution < 1.29 is 9.53 Å². The van der Waals surface area contributed by atoms with Crippen molar-refractivity contribution >= 4 is 11.7 Å². The van der Waals surface area contributed by atoms with E-state index in [-0.39, 0.29) is 18.1 Å². The van der Waals surface area contributed by atoms with E-state index in [2.05, 4.69) is 25.1 Å². The van der Waals surface area contributed by atoms with Gasteiger partial charge in [-0.25, -0.2) is 4.68 Å². The van der Waals surface area contributed by atoms with Gasteiger partial charge in [0.1, 0.15) is 0 Å². The maximum absolute atomic E-state index is 12.7.